The number of rotatable bonds is 5. The predicted octanol–water partition coefficient (Wildman–Crippen LogP) is 1.30. The van der Waals surface area contributed by atoms with Gasteiger partial charge in [-0.3, -0.25) is 0 Å². The number of hydrogen-bond acceptors (Lipinski definition) is 6. The van der Waals surface area contributed by atoms with E-state index >= 15 is 0 Å². The summed E-state index contributed by atoms with van der Waals surface area (Å²) < 4.78 is 28.0. The zero-order chi connectivity index (χ0) is 13.9. The Bertz CT molecular complexity index is 652. The summed E-state index contributed by atoms with van der Waals surface area (Å²) in [5.41, 5.74) is 0.655. The SMILES string of the molecule is O=S(=O)(CCO)Cc1noc(-c2ccc(Cl)cc2)n1. The van der Waals surface area contributed by atoms with E-state index < -0.39 is 16.4 Å². The van der Waals surface area contributed by atoms with Gasteiger partial charge in [-0.05, 0) is 24.3 Å². The number of benzene rings is 1. The maximum atomic E-state index is 11.5. The first-order valence-electron chi connectivity index (χ1n) is 5.40. The van der Waals surface area contributed by atoms with Crippen LogP contribution in [0.15, 0.2) is 28.8 Å². The van der Waals surface area contributed by atoms with E-state index in [9.17, 15) is 8.42 Å². The lowest BCUT2D eigenvalue weighted by atomic mass is 10.2. The average molecular weight is 303 g/mol. The van der Waals surface area contributed by atoms with Crippen molar-refractivity contribution in [1.29, 1.82) is 0 Å². The molecule has 0 radical (unpaired) electrons. The quantitative estimate of drug-likeness (QED) is 0.894. The van der Waals surface area contributed by atoms with Crippen molar-refractivity contribution in [3.05, 3.63) is 35.1 Å². The summed E-state index contributed by atoms with van der Waals surface area (Å²) >= 11 is 5.76. The van der Waals surface area contributed by atoms with Gasteiger partial charge in [-0.2, -0.15) is 4.98 Å². The van der Waals surface area contributed by atoms with Crippen LogP contribution >= 0.6 is 11.6 Å². The molecule has 0 atom stereocenters. The Hall–Kier alpha value is -1.44. The molecule has 1 aromatic carbocycles. The van der Waals surface area contributed by atoms with Gasteiger partial charge in [0.05, 0.1) is 12.4 Å². The second-order valence-corrected chi connectivity index (χ2v) is 6.46. The molecule has 0 bridgehead atoms. The first-order valence-corrected chi connectivity index (χ1v) is 7.60. The standard InChI is InChI=1S/C11H11ClN2O4S/c12-9-3-1-8(2-4-9)11-13-10(14-18-11)7-19(16,17)6-5-15/h1-4,15H,5-7H2. The van der Waals surface area contributed by atoms with Gasteiger partial charge in [-0.15, -0.1) is 0 Å². The highest BCUT2D eigenvalue weighted by molar-refractivity contribution is 7.90. The molecule has 2 rings (SSSR count). The molecule has 0 aliphatic rings. The molecule has 0 aliphatic heterocycles. The summed E-state index contributed by atoms with van der Waals surface area (Å²) in [6.45, 7) is -0.426. The third-order valence-electron chi connectivity index (χ3n) is 2.31. The van der Waals surface area contributed by atoms with Crippen LogP contribution < -0.4 is 0 Å². The van der Waals surface area contributed by atoms with Crippen LogP contribution in [0.25, 0.3) is 11.5 Å². The average Bonchev–Trinajstić information content (AvgIpc) is 2.77. The molecule has 0 saturated heterocycles. The zero-order valence-electron chi connectivity index (χ0n) is 9.78. The summed E-state index contributed by atoms with van der Waals surface area (Å²) in [6.07, 6.45) is 0. The van der Waals surface area contributed by atoms with E-state index in [1.165, 1.54) is 0 Å². The van der Waals surface area contributed by atoms with Crippen LogP contribution in [-0.2, 0) is 15.6 Å². The van der Waals surface area contributed by atoms with Gasteiger partial charge in [0.1, 0.15) is 5.75 Å². The minimum Gasteiger partial charge on any atom is -0.395 e. The van der Waals surface area contributed by atoms with E-state index in [4.69, 9.17) is 21.2 Å². The Morgan fingerprint density at radius 3 is 2.58 bits per heavy atom. The summed E-state index contributed by atoms with van der Waals surface area (Å²) in [6, 6.07) is 6.73. The second kappa shape index (κ2) is 5.68. The molecule has 0 saturated carbocycles. The summed E-state index contributed by atoms with van der Waals surface area (Å²) in [5.74, 6) is -0.382. The van der Waals surface area contributed by atoms with Gasteiger partial charge in [0, 0.05) is 10.6 Å². The van der Waals surface area contributed by atoms with E-state index in [0.29, 0.717) is 10.6 Å². The first-order chi connectivity index (χ1) is 9.00. The Morgan fingerprint density at radius 1 is 1.26 bits per heavy atom. The number of aliphatic hydroxyl groups excluding tert-OH is 1. The van der Waals surface area contributed by atoms with Gasteiger partial charge in [0.15, 0.2) is 15.7 Å². The summed E-state index contributed by atoms with van der Waals surface area (Å²) in [4.78, 5) is 4.00. The zero-order valence-corrected chi connectivity index (χ0v) is 11.4. The number of nitrogens with zero attached hydrogens (tertiary/aromatic N) is 2. The second-order valence-electron chi connectivity index (χ2n) is 3.84. The molecule has 8 heteroatoms. The van der Waals surface area contributed by atoms with Crippen molar-refractivity contribution < 1.29 is 18.0 Å². The fraction of sp³-hybridized carbons (Fsp3) is 0.273. The van der Waals surface area contributed by atoms with Gasteiger partial charge in [-0.25, -0.2) is 8.42 Å². The van der Waals surface area contributed by atoms with Crippen molar-refractivity contribution in [2.75, 3.05) is 12.4 Å². The molecule has 0 amide bonds. The fourth-order valence-electron chi connectivity index (χ4n) is 1.43. The third kappa shape index (κ3) is 3.76. The van der Waals surface area contributed by atoms with Crippen molar-refractivity contribution in [3.8, 4) is 11.5 Å². The molecule has 19 heavy (non-hydrogen) atoms. The molecule has 1 aromatic heterocycles. The first kappa shape index (κ1) is 14.0. The molecule has 0 unspecified atom stereocenters. The van der Waals surface area contributed by atoms with Crippen LogP contribution in [0.3, 0.4) is 0 Å². The van der Waals surface area contributed by atoms with Crippen LogP contribution in [0, 0.1) is 0 Å². The van der Waals surface area contributed by atoms with Crippen molar-refractivity contribution in [2.45, 2.75) is 5.75 Å². The van der Waals surface area contributed by atoms with Crippen LogP contribution in [-0.4, -0.2) is 36.0 Å². The molecular weight excluding hydrogens is 292 g/mol. The molecule has 1 heterocycles. The molecular formula is C11H11ClN2O4S. The Balaban J connectivity index is 2.18. The Labute approximate surface area is 114 Å². The molecule has 2 aromatic rings. The number of hydrogen-bond donors (Lipinski definition) is 1. The number of aromatic nitrogens is 2. The lowest BCUT2D eigenvalue weighted by Gasteiger charge is -1.96. The molecule has 1 N–H and O–H groups in total. The summed E-state index contributed by atoms with van der Waals surface area (Å²) in [5, 5.41) is 12.8. The summed E-state index contributed by atoms with van der Waals surface area (Å²) in [7, 11) is -3.42. The van der Waals surface area contributed by atoms with E-state index in [-0.39, 0.29) is 23.2 Å². The van der Waals surface area contributed by atoms with Crippen molar-refractivity contribution in [3.63, 3.8) is 0 Å². The van der Waals surface area contributed by atoms with Crippen molar-refractivity contribution >= 4 is 21.4 Å². The Morgan fingerprint density at radius 2 is 1.95 bits per heavy atom. The number of aliphatic hydroxyl groups is 1. The molecule has 6 nitrogen and oxygen atoms in total. The molecule has 0 aliphatic carbocycles. The van der Waals surface area contributed by atoms with Crippen LogP contribution in [0.4, 0.5) is 0 Å². The van der Waals surface area contributed by atoms with Gasteiger partial charge in [0.2, 0.25) is 0 Å². The maximum absolute atomic E-state index is 11.5. The molecule has 0 fully saturated rings. The van der Waals surface area contributed by atoms with E-state index in [0.717, 1.165) is 0 Å². The fourth-order valence-corrected chi connectivity index (χ4v) is 2.49. The topological polar surface area (TPSA) is 93.3 Å². The lowest BCUT2D eigenvalue weighted by molar-refractivity contribution is 0.319. The van der Waals surface area contributed by atoms with Crippen molar-refractivity contribution in [2.24, 2.45) is 0 Å². The van der Waals surface area contributed by atoms with Gasteiger partial charge < -0.3 is 9.63 Å². The Kier molecular flexibility index (Phi) is 4.18. The third-order valence-corrected chi connectivity index (χ3v) is 4.07. The predicted molar refractivity (Wildman–Crippen MR) is 69.3 cm³/mol. The lowest BCUT2D eigenvalue weighted by Crippen LogP contribution is -2.13. The van der Waals surface area contributed by atoms with Crippen LogP contribution in [0.5, 0.6) is 0 Å². The van der Waals surface area contributed by atoms with Gasteiger partial charge in [-0.1, -0.05) is 16.8 Å². The molecule has 102 valence electrons. The van der Waals surface area contributed by atoms with Crippen molar-refractivity contribution in [1.82, 2.24) is 10.1 Å². The van der Waals surface area contributed by atoms with Gasteiger partial charge >= 0.3 is 0 Å². The smallest absolute Gasteiger partial charge is 0.257 e. The largest absolute Gasteiger partial charge is 0.395 e. The van der Waals surface area contributed by atoms with E-state index in [1.807, 2.05) is 0 Å². The van der Waals surface area contributed by atoms with Crippen LogP contribution in [0.1, 0.15) is 5.82 Å². The highest BCUT2D eigenvalue weighted by atomic mass is 35.5. The minimum atomic E-state index is -3.42. The minimum absolute atomic E-state index is 0.0680. The van der Waals surface area contributed by atoms with Gasteiger partial charge in [0.25, 0.3) is 5.89 Å². The maximum Gasteiger partial charge on any atom is 0.257 e. The number of halogens is 1. The van der Waals surface area contributed by atoms with E-state index in [2.05, 4.69) is 10.1 Å². The normalized spacial score (nSPS) is 11.7. The van der Waals surface area contributed by atoms with Crippen LogP contribution in [0.2, 0.25) is 5.02 Å². The molecule has 0 spiro atoms. The van der Waals surface area contributed by atoms with E-state index in [1.54, 1.807) is 24.3 Å². The monoisotopic (exact) mass is 302 g/mol. The highest BCUT2D eigenvalue weighted by Gasteiger charge is 2.17. The number of sulfone groups is 1. The highest BCUT2D eigenvalue weighted by Crippen LogP contribution is 2.20.